The number of hydrogen-bond donors (Lipinski definition) is 0. The van der Waals surface area contributed by atoms with Crippen LogP contribution in [0.3, 0.4) is 0 Å². The Hall–Kier alpha value is -3.54. The Balaban J connectivity index is 1.30. The van der Waals surface area contributed by atoms with E-state index in [2.05, 4.69) is 10.00 Å². The minimum atomic E-state index is -3.00. The fraction of sp³-hybridized carbons (Fsp3) is 0.500. The van der Waals surface area contributed by atoms with E-state index >= 15 is 0 Å². The smallest absolute Gasteiger partial charge is 0.272 e. The van der Waals surface area contributed by atoms with Crippen LogP contribution < -0.4 is 14.4 Å². The SMILES string of the molecule is COc1ccc(OC)c(-c2cc(C(=O)N3CCN(c4c(C)nn(C5CCS(=O)(=O)C5)c4C)CC3)n(C)n2)c1. The lowest BCUT2D eigenvalue weighted by Crippen LogP contribution is -2.49. The van der Waals surface area contributed by atoms with E-state index < -0.39 is 9.84 Å². The van der Waals surface area contributed by atoms with Gasteiger partial charge >= 0.3 is 0 Å². The highest BCUT2D eigenvalue weighted by Gasteiger charge is 2.33. The predicted octanol–water partition coefficient (Wildman–Crippen LogP) is 2.24. The first-order valence-corrected chi connectivity index (χ1v) is 14.5. The Bertz CT molecular complexity index is 1470. The molecule has 4 heterocycles. The van der Waals surface area contributed by atoms with E-state index in [0.717, 1.165) is 22.6 Å². The lowest BCUT2D eigenvalue weighted by atomic mass is 10.1. The lowest BCUT2D eigenvalue weighted by Gasteiger charge is -2.36. The summed E-state index contributed by atoms with van der Waals surface area (Å²) in [4.78, 5) is 17.6. The summed E-state index contributed by atoms with van der Waals surface area (Å²) < 4.78 is 38.3. The summed E-state index contributed by atoms with van der Waals surface area (Å²) in [5.41, 5.74) is 4.79. The number of aromatic nitrogens is 4. The maximum Gasteiger partial charge on any atom is 0.272 e. The predicted molar refractivity (Wildman–Crippen MR) is 144 cm³/mol. The number of hydrogen-bond acceptors (Lipinski definition) is 8. The zero-order valence-corrected chi connectivity index (χ0v) is 23.3. The molecule has 11 nitrogen and oxygen atoms in total. The van der Waals surface area contributed by atoms with Gasteiger partial charge in [-0.1, -0.05) is 0 Å². The Kier molecular flexibility index (Phi) is 6.84. The number of methoxy groups -OCH3 is 2. The second kappa shape index (κ2) is 9.97. The minimum Gasteiger partial charge on any atom is -0.497 e. The zero-order valence-electron chi connectivity index (χ0n) is 22.5. The molecule has 2 fully saturated rings. The van der Waals surface area contributed by atoms with Gasteiger partial charge < -0.3 is 19.3 Å². The topological polar surface area (TPSA) is 112 Å². The fourth-order valence-corrected chi connectivity index (χ4v) is 7.24. The van der Waals surface area contributed by atoms with Crippen LogP contribution in [0.15, 0.2) is 24.3 Å². The molecular formula is C26H34N6O5S. The highest BCUT2D eigenvalue weighted by atomic mass is 32.2. The summed E-state index contributed by atoms with van der Waals surface area (Å²) >= 11 is 0. The van der Waals surface area contributed by atoms with E-state index in [0.29, 0.717) is 55.5 Å². The van der Waals surface area contributed by atoms with Crippen molar-refractivity contribution < 1.29 is 22.7 Å². The normalized spacial score (nSPS) is 19.1. The van der Waals surface area contributed by atoms with Gasteiger partial charge in [0.05, 0.1) is 54.5 Å². The zero-order chi connectivity index (χ0) is 27.2. The summed E-state index contributed by atoms with van der Waals surface area (Å²) in [6.45, 7) is 6.41. The van der Waals surface area contributed by atoms with E-state index in [1.165, 1.54) is 0 Å². The van der Waals surface area contributed by atoms with Crippen molar-refractivity contribution in [2.75, 3.05) is 56.8 Å². The van der Waals surface area contributed by atoms with Gasteiger partial charge in [-0.05, 0) is 44.5 Å². The monoisotopic (exact) mass is 542 g/mol. The fourth-order valence-electron chi connectivity index (χ4n) is 5.54. The molecule has 3 aromatic rings. The van der Waals surface area contributed by atoms with E-state index in [4.69, 9.17) is 14.6 Å². The number of nitrogens with zero attached hydrogens (tertiary/aromatic N) is 6. The molecule has 0 spiro atoms. The van der Waals surface area contributed by atoms with Gasteiger partial charge in [0, 0.05) is 38.8 Å². The molecule has 1 atom stereocenters. The highest BCUT2D eigenvalue weighted by Crippen LogP contribution is 2.34. The van der Waals surface area contributed by atoms with Gasteiger partial charge in [-0.25, -0.2) is 8.42 Å². The first kappa shape index (κ1) is 26.1. The van der Waals surface area contributed by atoms with Gasteiger partial charge in [0.25, 0.3) is 5.91 Å². The van der Waals surface area contributed by atoms with Crippen LogP contribution in [0.5, 0.6) is 11.5 Å². The van der Waals surface area contributed by atoms with Crippen molar-refractivity contribution >= 4 is 21.4 Å². The van der Waals surface area contributed by atoms with Gasteiger partial charge in [-0.3, -0.25) is 14.2 Å². The third-order valence-corrected chi connectivity index (χ3v) is 9.26. The van der Waals surface area contributed by atoms with Gasteiger partial charge in [0.1, 0.15) is 17.2 Å². The second-order valence-electron chi connectivity index (χ2n) is 9.90. The molecule has 1 amide bonds. The third-order valence-electron chi connectivity index (χ3n) is 7.51. The van der Waals surface area contributed by atoms with Crippen LogP contribution in [0, 0.1) is 13.8 Å². The average Bonchev–Trinajstić information content (AvgIpc) is 3.56. The Labute approximate surface area is 222 Å². The Morgan fingerprint density at radius 3 is 2.39 bits per heavy atom. The number of ether oxygens (including phenoxy) is 2. The molecule has 0 aliphatic carbocycles. The molecule has 2 saturated heterocycles. The molecule has 0 N–H and O–H groups in total. The Morgan fingerprint density at radius 1 is 1.03 bits per heavy atom. The molecule has 2 aliphatic heterocycles. The van der Waals surface area contributed by atoms with Gasteiger partial charge in [0.2, 0.25) is 0 Å². The summed E-state index contributed by atoms with van der Waals surface area (Å²) in [5, 5.41) is 9.29. The van der Waals surface area contributed by atoms with Crippen LogP contribution in [0.4, 0.5) is 5.69 Å². The van der Waals surface area contributed by atoms with Crippen molar-refractivity contribution in [3.63, 3.8) is 0 Å². The average molecular weight is 543 g/mol. The van der Waals surface area contributed by atoms with E-state index in [-0.39, 0.29) is 23.5 Å². The summed E-state index contributed by atoms with van der Waals surface area (Å²) in [5.74, 6) is 1.61. The lowest BCUT2D eigenvalue weighted by molar-refractivity contribution is 0.0735. The molecule has 38 heavy (non-hydrogen) atoms. The van der Waals surface area contributed by atoms with Crippen LogP contribution in [0.1, 0.15) is 34.3 Å². The molecule has 0 bridgehead atoms. The molecule has 1 aromatic carbocycles. The van der Waals surface area contributed by atoms with Gasteiger partial charge in [0.15, 0.2) is 9.84 Å². The van der Waals surface area contributed by atoms with Crippen LogP contribution in [0.2, 0.25) is 0 Å². The summed E-state index contributed by atoms with van der Waals surface area (Å²) in [7, 11) is 1.97. The number of amides is 1. The molecule has 2 aromatic heterocycles. The highest BCUT2D eigenvalue weighted by molar-refractivity contribution is 7.91. The number of benzene rings is 1. The first-order chi connectivity index (χ1) is 18.1. The van der Waals surface area contributed by atoms with Crippen LogP contribution >= 0.6 is 0 Å². The van der Waals surface area contributed by atoms with Crippen molar-refractivity contribution in [1.82, 2.24) is 24.5 Å². The molecule has 2 aliphatic rings. The summed E-state index contributed by atoms with van der Waals surface area (Å²) in [6, 6.07) is 7.17. The van der Waals surface area contributed by atoms with Crippen molar-refractivity contribution in [1.29, 1.82) is 0 Å². The number of anilines is 1. The molecule has 0 radical (unpaired) electrons. The number of sulfone groups is 1. The molecule has 1 unspecified atom stereocenters. The van der Waals surface area contributed by atoms with Crippen molar-refractivity contribution in [3.05, 3.63) is 41.3 Å². The molecule has 204 valence electrons. The van der Waals surface area contributed by atoms with Crippen LogP contribution in [0.25, 0.3) is 11.3 Å². The number of rotatable bonds is 6. The second-order valence-corrected chi connectivity index (χ2v) is 12.1. The number of carbonyl (C=O) groups is 1. The molecule has 0 saturated carbocycles. The van der Waals surface area contributed by atoms with Crippen molar-refractivity contribution in [2.24, 2.45) is 7.05 Å². The first-order valence-electron chi connectivity index (χ1n) is 12.7. The van der Waals surface area contributed by atoms with E-state index in [1.54, 1.807) is 32.0 Å². The standard InChI is InChI=1S/C26H34N6O5S/c1-17-25(18(2)32(27-17)19-8-13-38(34,35)16-19)30-9-11-31(12-10-30)26(33)23-15-22(28-29(23)3)21-14-20(36-4)6-7-24(21)37-5/h6-7,14-15,19H,8-13,16H2,1-5H3. The molecule has 5 rings (SSSR count). The van der Waals surface area contributed by atoms with Crippen molar-refractivity contribution in [2.45, 2.75) is 26.3 Å². The third kappa shape index (κ3) is 4.72. The Morgan fingerprint density at radius 2 is 1.76 bits per heavy atom. The number of aryl methyl sites for hydroxylation is 2. The maximum absolute atomic E-state index is 13.5. The van der Waals surface area contributed by atoms with Crippen LogP contribution in [-0.4, -0.2) is 90.7 Å². The maximum atomic E-state index is 13.5. The molecule has 12 heteroatoms. The summed E-state index contributed by atoms with van der Waals surface area (Å²) in [6.07, 6.45) is 0.598. The minimum absolute atomic E-state index is 0.0759. The van der Waals surface area contributed by atoms with Gasteiger partial charge in [-0.15, -0.1) is 0 Å². The van der Waals surface area contributed by atoms with Crippen LogP contribution in [-0.2, 0) is 16.9 Å². The number of piperazine rings is 1. The number of carbonyl (C=O) groups excluding carboxylic acids is 1. The largest absolute Gasteiger partial charge is 0.497 e. The van der Waals surface area contributed by atoms with E-state index in [9.17, 15) is 13.2 Å². The quantitative estimate of drug-likeness (QED) is 0.466. The van der Waals surface area contributed by atoms with Gasteiger partial charge in [-0.2, -0.15) is 10.2 Å². The molecular weight excluding hydrogens is 508 g/mol. The van der Waals surface area contributed by atoms with Crippen molar-refractivity contribution in [3.8, 4) is 22.8 Å². The van der Waals surface area contributed by atoms with E-state index in [1.807, 2.05) is 41.6 Å².